The van der Waals surface area contributed by atoms with E-state index in [1.54, 1.807) is 12.1 Å². The van der Waals surface area contributed by atoms with E-state index in [0.717, 1.165) is 42.3 Å². The fourth-order valence-electron chi connectivity index (χ4n) is 1.95. The van der Waals surface area contributed by atoms with Gasteiger partial charge in [0.25, 0.3) is 0 Å². The van der Waals surface area contributed by atoms with Crippen LogP contribution in [0, 0.1) is 0 Å². The Morgan fingerprint density at radius 3 is 2.41 bits per heavy atom. The molecule has 0 unspecified atom stereocenters. The number of carboxylic acid groups (broad SMARTS) is 1. The van der Waals surface area contributed by atoms with Gasteiger partial charge in [0.15, 0.2) is 0 Å². The van der Waals surface area contributed by atoms with Gasteiger partial charge in [-0.25, -0.2) is 4.79 Å². The van der Waals surface area contributed by atoms with Gasteiger partial charge in [0.1, 0.15) is 5.75 Å². The normalized spacial score (nSPS) is 10.4. The van der Waals surface area contributed by atoms with Crippen molar-refractivity contribution < 1.29 is 14.6 Å². The van der Waals surface area contributed by atoms with Crippen molar-refractivity contribution in [2.24, 2.45) is 0 Å². The summed E-state index contributed by atoms with van der Waals surface area (Å²) in [4.78, 5) is 10.8. The van der Waals surface area contributed by atoms with E-state index in [-0.39, 0.29) is 0 Å². The molecule has 0 aromatic heterocycles. The molecular weight excluding hydrogens is 296 g/mol. The Kier molecular flexibility index (Phi) is 6.84. The minimum atomic E-state index is -0.877. The quantitative estimate of drug-likeness (QED) is 0.693. The number of ether oxygens (including phenoxy) is 1. The molecule has 0 bridgehead atoms. The van der Waals surface area contributed by atoms with E-state index < -0.39 is 5.97 Å². The van der Waals surface area contributed by atoms with E-state index in [9.17, 15) is 4.79 Å². The fourth-order valence-corrected chi connectivity index (χ4v) is 2.93. The average Bonchev–Trinajstić information content (AvgIpc) is 2.55. The standard InChI is InChI=1S/C18H20O3S/c19-18(20)16-10-8-15(9-11-16)14-22-13-5-4-12-21-17-6-2-1-3-7-17/h1-3,6-11H,4-5,12-14H2,(H,19,20). The molecule has 116 valence electrons. The Morgan fingerprint density at radius 2 is 1.73 bits per heavy atom. The number of hydrogen-bond donors (Lipinski definition) is 1. The first-order chi connectivity index (χ1) is 10.8. The molecule has 4 heteroatoms. The van der Waals surface area contributed by atoms with Crippen molar-refractivity contribution in [3.8, 4) is 5.75 Å². The first-order valence-electron chi connectivity index (χ1n) is 7.33. The van der Waals surface area contributed by atoms with Crippen molar-refractivity contribution in [3.05, 3.63) is 65.7 Å². The number of aromatic carboxylic acids is 1. The molecule has 0 radical (unpaired) electrons. The number of hydrogen-bond acceptors (Lipinski definition) is 3. The second-order valence-electron chi connectivity index (χ2n) is 4.92. The van der Waals surface area contributed by atoms with Gasteiger partial charge in [0.2, 0.25) is 0 Å². The third kappa shape index (κ3) is 5.82. The van der Waals surface area contributed by atoms with Crippen LogP contribution in [0.15, 0.2) is 54.6 Å². The molecule has 1 N–H and O–H groups in total. The van der Waals surface area contributed by atoms with Crippen LogP contribution in [0.25, 0.3) is 0 Å². The molecule has 0 aliphatic heterocycles. The van der Waals surface area contributed by atoms with Crippen LogP contribution in [-0.2, 0) is 5.75 Å². The molecule has 0 heterocycles. The topological polar surface area (TPSA) is 46.5 Å². The molecule has 2 rings (SSSR count). The molecule has 0 aliphatic carbocycles. The summed E-state index contributed by atoms with van der Waals surface area (Å²) in [5.74, 6) is 2.05. The predicted octanol–water partition coefficient (Wildman–Crippen LogP) is 4.48. The molecule has 2 aromatic rings. The van der Waals surface area contributed by atoms with Gasteiger partial charge in [-0.3, -0.25) is 0 Å². The van der Waals surface area contributed by atoms with Crippen molar-refractivity contribution in [2.75, 3.05) is 12.4 Å². The zero-order valence-electron chi connectivity index (χ0n) is 12.4. The van der Waals surface area contributed by atoms with Gasteiger partial charge >= 0.3 is 5.97 Å². The number of para-hydroxylation sites is 1. The van der Waals surface area contributed by atoms with Crippen molar-refractivity contribution >= 4 is 17.7 Å². The summed E-state index contributed by atoms with van der Waals surface area (Å²) in [6.07, 6.45) is 2.16. The molecule has 0 fully saturated rings. The van der Waals surface area contributed by atoms with E-state index in [0.29, 0.717) is 5.56 Å². The minimum Gasteiger partial charge on any atom is -0.494 e. The number of thioether (sulfide) groups is 1. The number of benzene rings is 2. The average molecular weight is 316 g/mol. The van der Waals surface area contributed by atoms with Crippen LogP contribution in [0.3, 0.4) is 0 Å². The number of carboxylic acids is 1. The van der Waals surface area contributed by atoms with Gasteiger partial charge < -0.3 is 9.84 Å². The summed E-state index contributed by atoms with van der Waals surface area (Å²) in [5.41, 5.74) is 1.50. The number of rotatable bonds is 9. The number of carbonyl (C=O) groups is 1. The number of unbranched alkanes of at least 4 members (excludes halogenated alkanes) is 1. The monoisotopic (exact) mass is 316 g/mol. The summed E-state index contributed by atoms with van der Waals surface area (Å²) in [6.45, 7) is 0.748. The molecule has 0 saturated carbocycles. The molecule has 0 spiro atoms. The molecule has 22 heavy (non-hydrogen) atoms. The zero-order chi connectivity index (χ0) is 15.6. The maximum Gasteiger partial charge on any atom is 0.335 e. The van der Waals surface area contributed by atoms with Crippen LogP contribution in [0.2, 0.25) is 0 Å². The minimum absolute atomic E-state index is 0.340. The predicted molar refractivity (Wildman–Crippen MR) is 90.7 cm³/mol. The molecule has 2 aromatic carbocycles. The Bertz CT molecular complexity index is 567. The largest absolute Gasteiger partial charge is 0.494 e. The van der Waals surface area contributed by atoms with Gasteiger partial charge in [-0.1, -0.05) is 30.3 Å². The van der Waals surface area contributed by atoms with Gasteiger partial charge in [-0.2, -0.15) is 11.8 Å². The van der Waals surface area contributed by atoms with Crippen LogP contribution >= 0.6 is 11.8 Å². The smallest absolute Gasteiger partial charge is 0.335 e. The lowest BCUT2D eigenvalue weighted by molar-refractivity contribution is 0.0697. The summed E-state index contributed by atoms with van der Waals surface area (Å²) in [7, 11) is 0. The van der Waals surface area contributed by atoms with Gasteiger partial charge in [0, 0.05) is 5.75 Å². The molecule has 0 saturated heterocycles. The van der Waals surface area contributed by atoms with Crippen molar-refractivity contribution in [1.29, 1.82) is 0 Å². The highest BCUT2D eigenvalue weighted by Gasteiger charge is 2.01. The zero-order valence-corrected chi connectivity index (χ0v) is 13.2. The van der Waals surface area contributed by atoms with Crippen LogP contribution in [0.4, 0.5) is 0 Å². The molecule has 0 atom stereocenters. The van der Waals surface area contributed by atoms with Crippen molar-refractivity contribution in [3.63, 3.8) is 0 Å². The Balaban J connectivity index is 1.55. The SMILES string of the molecule is O=C(O)c1ccc(CSCCCCOc2ccccc2)cc1. The van der Waals surface area contributed by atoms with E-state index in [4.69, 9.17) is 9.84 Å². The fraction of sp³-hybridized carbons (Fsp3) is 0.278. The van der Waals surface area contributed by atoms with Crippen LogP contribution in [0.5, 0.6) is 5.75 Å². The summed E-state index contributed by atoms with van der Waals surface area (Å²) in [6, 6.07) is 16.9. The molecule has 0 aliphatic rings. The first-order valence-corrected chi connectivity index (χ1v) is 8.49. The molecule has 3 nitrogen and oxygen atoms in total. The van der Waals surface area contributed by atoms with Gasteiger partial charge in [0.05, 0.1) is 12.2 Å². The van der Waals surface area contributed by atoms with Crippen molar-refractivity contribution in [1.82, 2.24) is 0 Å². The Labute approximate surface area is 135 Å². The van der Waals surface area contributed by atoms with Crippen LogP contribution < -0.4 is 4.74 Å². The highest BCUT2D eigenvalue weighted by Crippen LogP contribution is 2.15. The van der Waals surface area contributed by atoms with E-state index in [1.807, 2.05) is 54.2 Å². The third-order valence-corrected chi connectivity index (χ3v) is 4.28. The summed E-state index contributed by atoms with van der Waals surface area (Å²) in [5, 5.41) is 8.84. The maximum atomic E-state index is 10.8. The third-order valence-electron chi connectivity index (χ3n) is 3.16. The molecular formula is C18H20O3S. The highest BCUT2D eigenvalue weighted by atomic mass is 32.2. The van der Waals surface area contributed by atoms with E-state index in [2.05, 4.69) is 0 Å². The highest BCUT2D eigenvalue weighted by molar-refractivity contribution is 7.98. The first kappa shape index (κ1) is 16.4. The second-order valence-corrected chi connectivity index (χ2v) is 6.03. The molecule has 0 amide bonds. The summed E-state index contributed by atoms with van der Waals surface area (Å²) >= 11 is 1.86. The maximum absolute atomic E-state index is 10.8. The van der Waals surface area contributed by atoms with Gasteiger partial charge in [-0.05, 0) is 48.4 Å². The Morgan fingerprint density at radius 1 is 1.00 bits per heavy atom. The van der Waals surface area contributed by atoms with Gasteiger partial charge in [-0.15, -0.1) is 0 Å². The van der Waals surface area contributed by atoms with E-state index >= 15 is 0 Å². The second kappa shape index (κ2) is 9.15. The lowest BCUT2D eigenvalue weighted by Crippen LogP contribution is -1.98. The van der Waals surface area contributed by atoms with E-state index in [1.165, 1.54) is 0 Å². The van der Waals surface area contributed by atoms with Crippen LogP contribution in [-0.4, -0.2) is 23.4 Å². The van der Waals surface area contributed by atoms with Crippen LogP contribution in [0.1, 0.15) is 28.8 Å². The lowest BCUT2D eigenvalue weighted by Gasteiger charge is -2.06. The summed E-state index contributed by atoms with van der Waals surface area (Å²) < 4.78 is 5.64. The Hall–Kier alpha value is -1.94. The lowest BCUT2D eigenvalue weighted by atomic mass is 10.1. The van der Waals surface area contributed by atoms with Crippen molar-refractivity contribution in [2.45, 2.75) is 18.6 Å².